The van der Waals surface area contributed by atoms with Crippen molar-refractivity contribution in [2.75, 3.05) is 21.3 Å². The molecule has 2 aliphatic rings. The number of benzene rings is 2. The third kappa shape index (κ3) is 3.03. The van der Waals surface area contributed by atoms with Gasteiger partial charge in [0.1, 0.15) is 0 Å². The highest BCUT2D eigenvalue weighted by molar-refractivity contribution is 7.91. The summed E-state index contributed by atoms with van der Waals surface area (Å²) in [7, 11) is -3.42. The summed E-state index contributed by atoms with van der Waals surface area (Å²) in [5.41, 5.74) is 0.506. The van der Waals surface area contributed by atoms with Gasteiger partial charge in [-0.25, -0.2) is 13.2 Å². The maximum atomic E-state index is 13.2. The van der Waals surface area contributed by atoms with Crippen LogP contribution in [0.15, 0.2) is 48.5 Å². The van der Waals surface area contributed by atoms with Crippen molar-refractivity contribution in [3.05, 3.63) is 59.7 Å². The maximum Gasteiger partial charge on any atom is 0.416 e. The maximum absolute atomic E-state index is 13.2. The predicted octanol–water partition coefficient (Wildman–Crippen LogP) is 3.63. The molecule has 2 amide bonds. The second-order valence-electron chi connectivity index (χ2n) is 7.07. The van der Waals surface area contributed by atoms with Gasteiger partial charge in [-0.3, -0.25) is 9.80 Å². The van der Waals surface area contributed by atoms with E-state index in [0.717, 1.165) is 17.7 Å². The minimum absolute atomic E-state index is 0.0445. The van der Waals surface area contributed by atoms with E-state index < -0.39 is 39.7 Å². The van der Waals surface area contributed by atoms with Crippen molar-refractivity contribution in [2.45, 2.75) is 25.2 Å². The smallest absolute Gasteiger partial charge is 0.288 e. The number of para-hydroxylation sites is 1. The number of hydrogen-bond donors (Lipinski definition) is 0. The molecule has 0 N–H and O–H groups in total. The number of anilines is 2. The van der Waals surface area contributed by atoms with Gasteiger partial charge in [-0.05, 0) is 36.8 Å². The lowest BCUT2D eigenvalue weighted by atomic mass is 10.1. The highest BCUT2D eigenvalue weighted by Crippen LogP contribution is 2.40. The fourth-order valence-corrected chi connectivity index (χ4v) is 5.87. The van der Waals surface area contributed by atoms with Crippen LogP contribution >= 0.6 is 0 Å². The summed E-state index contributed by atoms with van der Waals surface area (Å²) in [6, 6.07) is 9.59. The fraction of sp³-hybridized carbons (Fsp3) is 0.316. The molecule has 2 aliphatic heterocycles. The Morgan fingerprint density at radius 2 is 1.61 bits per heavy atom. The molecule has 9 heteroatoms. The first-order valence-electron chi connectivity index (χ1n) is 8.64. The van der Waals surface area contributed by atoms with Gasteiger partial charge in [0, 0.05) is 11.4 Å². The van der Waals surface area contributed by atoms with E-state index in [9.17, 15) is 26.4 Å². The van der Waals surface area contributed by atoms with Crippen LogP contribution in [0.25, 0.3) is 0 Å². The Kier molecular flexibility index (Phi) is 4.18. The summed E-state index contributed by atoms with van der Waals surface area (Å²) in [4.78, 5) is 15.8. The number of rotatable bonds is 2. The molecule has 2 aromatic rings. The number of fused-ring (bicyclic) bond motifs is 1. The zero-order valence-corrected chi connectivity index (χ0v) is 15.7. The molecule has 2 aromatic carbocycles. The molecule has 0 saturated carbocycles. The van der Waals surface area contributed by atoms with E-state index in [0.29, 0.717) is 5.69 Å². The van der Waals surface area contributed by atoms with Crippen molar-refractivity contribution in [3.63, 3.8) is 0 Å². The molecule has 0 spiro atoms. The first-order chi connectivity index (χ1) is 13.1. The van der Waals surface area contributed by atoms with Gasteiger partial charge in [0.05, 0.1) is 29.2 Å². The van der Waals surface area contributed by atoms with Gasteiger partial charge in [0.25, 0.3) is 0 Å². The van der Waals surface area contributed by atoms with Gasteiger partial charge in [0.2, 0.25) is 0 Å². The monoisotopic (exact) mass is 410 g/mol. The van der Waals surface area contributed by atoms with Crippen LogP contribution in [0.1, 0.15) is 11.1 Å². The quantitative estimate of drug-likeness (QED) is 0.711. The number of alkyl halides is 3. The molecule has 2 atom stereocenters. The van der Waals surface area contributed by atoms with Crippen LogP contribution in [-0.4, -0.2) is 38.0 Å². The van der Waals surface area contributed by atoms with Crippen molar-refractivity contribution in [2.24, 2.45) is 0 Å². The molecular weight excluding hydrogens is 393 g/mol. The van der Waals surface area contributed by atoms with E-state index in [-0.39, 0.29) is 17.2 Å². The van der Waals surface area contributed by atoms with E-state index >= 15 is 0 Å². The second-order valence-corrected chi connectivity index (χ2v) is 9.22. The van der Waals surface area contributed by atoms with Crippen LogP contribution < -0.4 is 9.80 Å². The number of urea groups is 1. The molecule has 0 bridgehead atoms. The lowest BCUT2D eigenvalue weighted by molar-refractivity contribution is -0.137. The van der Waals surface area contributed by atoms with Crippen molar-refractivity contribution in [1.82, 2.24) is 0 Å². The Labute approximate surface area is 160 Å². The first kappa shape index (κ1) is 18.8. The number of aryl methyl sites for hydroxylation is 1. The van der Waals surface area contributed by atoms with Crippen molar-refractivity contribution in [3.8, 4) is 0 Å². The minimum atomic E-state index is -4.56. The van der Waals surface area contributed by atoms with E-state index in [1.807, 2.05) is 0 Å². The van der Waals surface area contributed by atoms with E-state index in [2.05, 4.69) is 0 Å². The summed E-state index contributed by atoms with van der Waals surface area (Å²) in [5.74, 6) is -0.491. The Balaban J connectivity index is 1.83. The summed E-state index contributed by atoms with van der Waals surface area (Å²) < 4.78 is 63.9. The number of halogens is 3. The topological polar surface area (TPSA) is 57.7 Å². The van der Waals surface area contributed by atoms with Gasteiger partial charge in [-0.15, -0.1) is 0 Å². The minimum Gasteiger partial charge on any atom is -0.288 e. The van der Waals surface area contributed by atoms with Gasteiger partial charge in [-0.1, -0.05) is 24.3 Å². The lowest BCUT2D eigenvalue weighted by Gasteiger charge is -2.24. The highest BCUT2D eigenvalue weighted by Gasteiger charge is 2.54. The van der Waals surface area contributed by atoms with Crippen LogP contribution in [0.5, 0.6) is 0 Å². The van der Waals surface area contributed by atoms with E-state index in [1.165, 1.54) is 21.9 Å². The molecule has 2 heterocycles. The summed E-state index contributed by atoms with van der Waals surface area (Å²) in [6.07, 6.45) is -4.56. The largest absolute Gasteiger partial charge is 0.416 e. The van der Waals surface area contributed by atoms with Crippen molar-refractivity contribution in [1.29, 1.82) is 0 Å². The molecule has 28 heavy (non-hydrogen) atoms. The zero-order valence-electron chi connectivity index (χ0n) is 14.8. The van der Waals surface area contributed by atoms with Crippen LogP contribution in [0, 0.1) is 6.92 Å². The Bertz CT molecular complexity index is 1050. The van der Waals surface area contributed by atoms with Crippen LogP contribution in [-0.2, 0) is 16.0 Å². The molecular formula is C19H17F3N2O3S. The highest BCUT2D eigenvalue weighted by atomic mass is 32.2. The molecule has 5 nitrogen and oxygen atoms in total. The van der Waals surface area contributed by atoms with E-state index in [4.69, 9.17) is 0 Å². The van der Waals surface area contributed by atoms with Crippen LogP contribution in [0.3, 0.4) is 0 Å². The Hall–Kier alpha value is -2.55. The lowest BCUT2D eigenvalue weighted by Crippen LogP contribution is -2.38. The summed E-state index contributed by atoms with van der Waals surface area (Å²) >= 11 is 0. The third-order valence-corrected chi connectivity index (χ3v) is 6.89. The van der Waals surface area contributed by atoms with Gasteiger partial charge in [0.15, 0.2) is 9.84 Å². The predicted molar refractivity (Wildman–Crippen MR) is 99.2 cm³/mol. The molecule has 2 saturated heterocycles. The molecule has 0 radical (unpaired) electrons. The number of sulfone groups is 1. The molecule has 148 valence electrons. The molecule has 2 fully saturated rings. The van der Waals surface area contributed by atoms with Crippen molar-refractivity contribution >= 4 is 27.2 Å². The molecule has 0 aliphatic carbocycles. The normalized spacial score (nSPS) is 23.9. The third-order valence-electron chi connectivity index (χ3n) is 5.20. The van der Waals surface area contributed by atoms with Gasteiger partial charge in [-0.2, -0.15) is 13.2 Å². The molecule has 0 unspecified atom stereocenters. The fourth-order valence-electron chi connectivity index (χ4n) is 3.95. The zero-order chi connectivity index (χ0) is 20.3. The second kappa shape index (κ2) is 6.23. The molecule has 4 rings (SSSR count). The summed E-state index contributed by atoms with van der Waals surface area (Å²) in [5, 5.41) is 0. The van der Waals surface area contributed by atoms with Crippen LogP contribution in [0.2, 0.25) is 0 Å². The number of carbonyl (C=O) groups is 1. The average Bonchev–Trinajstić information content (AvgIpc) is 3.04. The number of amides is 2. The SMILES string of the molecule is Cc1ccccc1N1C(=O)N(c2cccc(C(F)(F)F)c2)[C@H]2CS(=O)(=O)C[C@@H]21. The number of carbonyl (C=O) groups excluding carboxylic acids is 1. The average molecular weight is 410 g/mol. The Morgan fingerprint density at radius 3 is 2.25 bits per heavy atom. The standard InChI is InChI=1S/C19H17F3N2O3S/c1-12-5-2-3-8-15(12)24-17-11-28(26,27)10-16(17)23(18(24)25)14-7-4-6-13(9-14)19(20,21)22/h2-9,16-17H,10-11H2,1H3/t16-,17-/m0/s1. The van der Waals surface area contributed by atoms with Gasteiger partial charge >= 0.3 is 12.2 Å². The summed E-state index contributed by atoms with van der Waals surface area (Å²) in [6.45, 7) is 1.80. The van der Waals surface area contributed by atoms with E-state index in [1.54, 1.807) is 31.2 Å². The molecule has 0 aromatic heterocycles. The number of nitrogens with zero attached hydrogens (tertiary/aromatic N) is 2. The Morgan fingerprint density at radius 1 is 0.964 bits per heavy atom. The number of hydrogen-bond acceptors (Lipinski definition) is 3. The van der Waals surface area contributed by atoms with Crippen molar-refractivity contribution < 1.29 is 26.4 Å². The van der Waals surface area contributed by atoms with Crippen LogP contribution in [0.4, 0.5) is 29.3 Å². The first-order valence-corrected chi connectivity index (χ1v) is 10.5. The van der Waals surface area contributed by atoms with Gasteiger partial charge < -0.3 is 0 Å².